The van der Waals surface area contributed by atoms with E-state index in [1.165, 1.54) is 24.1 Å². The summed E-state index contributed by atoms with van der Waals surface area (Å²) in [5.41, 5.74) is 8.34. The third-order valence-electron chi connectivity index (χ3n) is 6.49. The first kappa shape index (κ1) is 20.6. The number of Topliss-reactive ketones (excluding diaryl/α,β-unsaturated/α-hetero) is 1. The Labute approximate surface area is 181 Å². The van der Waals surface area contributed by atoms with Gasteiger partial charge in [-0.3, -0.25) is 14.5 Å². The van der Waals surface area contributed by atoms with E-state index in [0.717, 1.165) is 41.4 Å². The van der Waals surface area contributed by atoms with E-state index in [2.05, 4.69) is 11.8 Å². The molecular formula is C23H27ClN2O2S. The lowest BCUT2D eigenvalue weighted by atomic mass is 9.79. The van der Waals surface area contributed by atoms with Gasteiger partial charge in [0.15, 0.2) is 0 Å². The number of fused-ring (bicyclic) bond motifs is 1. The van der Waals surface area contributed by atoms with Crippen molar-refractivity contribution in [1.29, 1.82) is 0 Å². The van der Waals surface area contributed by atoms with Crippen LogP contribution in [0.2, 0.25) is 5.02 Å². The van der Waals surface area contributed by atoms with Crippen LogP contribution < -0.4 is 5.73 Å². The molecule has 1 aliphatic carbocycles. The molecule has 1 aromatic carbocycles. The van der Waals surface area contributed by atoms with Crippen LogP contribution in [0.15, 0.2) is 24.3 Å². The lowest BCUT2D eigenvalue weighted by Gasteiger charge is -2.40. The van der Waals surface area contributed by atoms with Gasteiger partial charge in [-0.15, -0.1) is 11.3 Å². The van der Waals surface area contributed by atoms with E-state index >= 15 is 0 Å². The zero-order valence-electron chi connectivity index (χ0n) is 16.7. The predicted molar refractivity (Wildman–Crippen MR) is 118 cm³/mol. The lowest BCUT2D eigenvalue weighted by Crippen LogP contribution is -2.43. The summed E-state index contributed by atoms with van der Waals surface area (Å²) in [5.74, 6) is 0.484. The monoisotopic (exact) mass is 430 g/mol. The summed E-state index contributed by atoms with van der Waals surface area (Å²) in [7, 11) is 0. The molecule has 1 saturated carbocycles. The van der Waals surface area contributed by atoms with E-state index in [-0.39, 0.29) is 12.2 Å². The molecule has 2 aromatic rings. The van der Waals surface area contributed by atoms with Crippen molar-refractivity contribution >= 4 is 34.6 Å². The van der Waals surface area contributed by atoms with Gasteiger partial charge in [-0.25, -0.2) is 0 Å². The molecule has 2 N–H and O–H groups in total. The van der Waals surface area contributed by atoms with Crippen molar-refractivity contribution in [3.63, 3.8) is 0 Å². The summed E-state index contributed by atoms with van der Waals surface area (Å²) >= 11 is 7.53. The molecule has 0 bridgehead atoms. The SMILES string of the molecule is CC(C1CCC1)N1CCc2c(sc(CC(=O)Cc3ccc(Cl)cc3)c2C(N)=O)C1. The van der Waals surface area contributed by atoms with E-state index in [1.54, 1.807) is 23.5 Å². The molecule has 4 rings (SSSR count). The molecule has 1 aliphatic heterocycles. The lowest BCUT2D eigenvalue weighted by molar-refractivity contribution is -0.117. The molecule has 1 atom stereocenters. The Kier molecular flexibility index (Phi) is 6.09. The van der Waals surface area contributed by atoms with Crippen LogP contribution in [0, 0.1) is 5.92 Å². The van der Waals surface area contributed by atoms with Crippen LogP contribution in [0.5, 0.6) is 0 Å². The average Bonchev–Trinajstić information content (AvgIpc) is 2.99. The molecule has 2 aliphatic rings. The molecule has 1 aromatic heterocycles. The van der Waals surface area contributed by atoms with Gasteiger partial charge in [0.1, 0.15) is 5.78 Å². The van der Waals surface area contributed by atoms with Crippen LogP contribution in [0.1, 0.15) is 57.4 Å². The van der Waals surface area contributed by atoms with Crippen LogP contribution in [-0.4, -0.2) is 29.2 Å². The molecule has 6 heteroatoms. The Bertz CT molecular complexity index is 918. The molecule has 1 fully saturated rings. The fraction of sp³-hybridized carbons (Fsp3) is 0.478. The number of ketones is 1. The minimum Gasteiger partial charge on any atom is -0.366 e. The normalized spacial score (nSPS) is 18.1. The second kappa shape index (κ2) is 8.58. The van der Waals surface area contributed by atoms with Gasteiger partial charge in [0.2, 0.25) is 5.91 Å². The maximum absolute atomic E-state index is 12.7. The first-order valence-electron chi connectivity index (χ1n) is 10.4. The maximum Gasteiger partial charge on any atom is 0.250 e. The summed E-state index contributed by atoms with van der Waals surface area (Å²) in [6, 6.07) is 7.90. The Morgan fingerprint density at radius 2 is 1.97 bits per heavy atom. The second-order valence-corrected chi connectivity index (χ2v) is 9.96. The van der Waals surface area contributed by atoms with Gasteiger partial charge in [0.05, 0.1) is 5.56 Å². The van der Waals surface area contributed by atoms with Crippen molar-refractivity contribution in [1.82, 2.24) is 4.90 Å². The number of hydrogen-bond donors (Lipinski definition) is 1. The second-order valence-electron chi connectivity index (χ2n) is 8.34. The fourth-order valence-corrected chi connectivity index (χ4v) is 6.07. The quantitative estimate of drug-likeness (QED) is 0.707. The first-order chi connectivity index (χ1) is 13.9. The summed E-state index contributed by atoms with van der Waals surface area (Å²) < 4.78 is 0. The minimum atomic E-state index is -0.405. The highest BCUT2D eigenvalue weighted by atomic mass is 35.5. The van der Waals surface area contributed by atoms with E-state index in [9.17, 15) is 9.59 Å². The summed E-state index contributed by atoms with van der Waals surface area (Å²) in [4.78, 5) is 29.5. The molecule has 4 nitrogen and oxygen atoms in total. The predicted octanol–water partition coefficient (Wildman–Crippen LogP) is 4.40. The van der Waals surface area contributed by atoms with Gasteiger partial charge in [0, 0.05) is 46.7 Å². The zero-order chi connectivity index (χ0) is 20.5. The number of benzene rings is 1. The van der Waals surface area contributed by atoms with Crippen molar-refractivity contribution in [3.05, 3.63) is 55.7 Å². The van der Waals surface area contributed by atoms with Gasteiger partial charge in [-0.2, -0.15) is 0 Å². The standard InChI is InChI=1S/C23H27ClN2O2S/c1-14(16-3-2-4-16)26-10-9-19-21(13-26)29-20(22(19)23(25)28)12-18(27)11-15-5-7-17(24)8-6-15/h5-8,14,16H,2-4,9-13H2,1H3,(H2,25,28). The Hall–Kier alpha value is -1.69. The molecule has 0 radical (unpaired) electrons. The number of nitrogens with two attached hydrogens (primary N) is 1. The molecule has 154 valence electrons. The minimum absolute atomic E-state index is 0.0908. The summed E-state index contributed by atoms with van der Waals surface area (Å²) in [5, 5.41) is 0.656. The first-order valence-corrected chi connectivity index (χ1v) is 11.5. The van der Waals surface area contributed by atoms with Crippen molar-refractivity contribution < 1.29 is 9.59 Å². The van der Waals surface area contributed by atoms with Crippen LogP contribution in [0.25, 0.3) is 0 Å². The number of hydrogen-bond acceptors (Lipinski definition) is 4. The molecular weight excluding hydrogens is 404 g/mol. The van der Waals surface area contributed by atoms with Gasteiger partial charge in [-0.05, 0) is 55.4 Å². The van der Waals surface area contributed by atoms with Gasteiger partial charge < -0.3 is 5.73 Å². The number of thiophene rings is 1. The smallest absolute Gasteiger partial charge is 0.250 e. The van der Waals surface area contributed by atoms with Crippen molar-refractivity contribution in [2.75, 3.05) is 6.54 Å². The highest BCUT2D eigenvalue weighted by Gasteiger charge is 2.33. The highest BCUT2D eigenvalue weighted by Crippen LogP contribution is 2.38. The third kappa shape index (κ3) is 4.42. The third-order valence-corrected chi connectivity index (χ3v) is 7.95. The fourth-order valence-electron chi connectivity index (χ4n) is 4.53. The molecule has 1 unspecified atom stereocenters. The van der Waals surface area contributed by atoms with Gasteiger partial charge >= 0.3 is 0 Å². The number of carbonyl (C=O) groups is 2. The van der Waals surface area contributed by atoms with Crippen LogP contribution in [-0.2, 0) is 30.6 Å². The Morgan fingerprint density at radius 3 is 2.59 bits per heavy atom. The van der Waals surface area contributed by atoms with E-state index in [4.69, 9.17) is 17.3 Å². The average molecular weight is 431 g/mol. The number of carbonyl (C=O) groups excluding carboxylic acids is 2. The van der Waals surface area contributed by atoms with Crippen LogP contribution >= 0.6 is 22.9 Å². The summed E-state index contributed by atoms with van der Waals surface area (Å²) in [6.07, 6.45) is 5.43. The maximum atomic E-state index is 12.7. The number of nitrogens with zero attached hydrogens (tertiary/aromatic N) is 1. The zero-order valence-corrected chi connectivity index (χ0v) is 18.3. The Morgan fingerprint density at radius 1 is 1.24 bits per heavy atom. The molecule has 0 spiro atoms. The molecule has 2 heterocycles. The topological polar surface area (TPSA) is 63.4 Å². The van der Waals surface area contributed by atoms with Crippen molar-refractivity contribution in [2.45, 2.75) is 58.0 Å². The van der Waals surface area contributed by atoms with Gasteiger partial charge in [0.25, 0.3) is 0 Å². The molecule has 29 heavy (non-hydrogen) atoms. The number of rotatable bonds is 7. The molecule has 1 amide bonds. The summed E-state index contributed by atoms with van der Waals surface area (Å²) in [6.45, 7) is 4.15. The van der Waals surface area contributed by atoms with E-state index in [0.29, 0.717) is 23.0 Å². The molecule has 0 saturated heterocycles. The number of amides is 1. The van der Waals surface area contributed by atoms with E-state index in [1.807, 2.05) is 12.1 Å². The van der Waals surface area contributed by atoms with Crippen LogP contribution in [0.4, 0.5) is 0 Å². The highest BCUT2D eigenvalue weighted by molar-refractivity contribution is 7.12. The van der Waals surface area contributed by atoms with Crippen LogP contribution in [0.3, 0.4) is 0 Å². The van der Waals surface area contributed by atoms with Crippen molar-refractivity contribution in [2.24, 2.45) is 11.7 Å². The Balaban J connectivity index is 1.50. The number of primary amides is 1. The van der Waals surface area contributed by atoms with Gasteiger partial charge in [-0.1, -0.05) is 30.2 Å². The number of halogens is 1. The van der Waals surface area contributed by atoms with E-state index < -0.39 is 5.91 Å². The largest absolute Gasteiger partial charge is 0.366 e. The van der Waals surface area contributed by atoms with Crippen molar-refractivity contribution in [3.8, 4) is 0 Å².